The lowest BCUT2D eigenvalue weighted by atomic mass is 9.73. The average molecular weight is 523 g/mol. The number of hydrogen-bond acceptors (Lipinski definition) is 7. The molecule has 9 heteroatoms. The third kappa shape index (κ3) is 8.78. The van der Waals surface area contributed by atoms with Crippen molar-refractivity contribution < 1.29 is 43.6 Å². The van der Waals surface area contributed by atoms with Gasteiger partial charge in [0.25, 0.3) is 0 Å². The van der Waals surface area contributed by atoms with Crippen LogP contribution < -0.4 is 0 Å². The zero-order valence-electron chi connectivity index (χ0n) is 22.1. The molecule has 3 unspecified atom stereocenters. The number of hydrogen-bond donors (Lipinski definition) is 2. The minimum absolute atomic E-state index is 0.0746. The van der Waals surface area contributed by atoms with Gasteiger partial charge in [0.15, 0.2) is 12.1 Å². The number of carbonyl (C=O) groups is 4. The van der Waals surface area contributed by atoms with Gasteiger partial charge in [0.05, 0.1) is 13.2 Å². The summed E-state index contributed by atoms with van der Waals surface area (Å²) >= 11 is 0. The summed E-state index contributed by atoms with van der Waals surface area (Å²) in [4.78, 5) is 48.8. The second-order valence-corrected chi connectivity index (χ2v) is 9.87. The Kier molecular flexibility index (Phi) is 13.0. The van der Waals surface area contributed by atoms with Crippen molar-refractivity contribution in [3.05, 3.63) is 24.3 Å². The second-order valence-electron chi connectivity index (χ2n) is 9.87. The van der Waals surface area contributed by atoms with Gasteiger partial charge in [0, 0.05) is 18.9 Å². The van der Waals surface area contributed by atoms with E-state index in [-0.39, 0.29) is 37.6 Å². The van der Waals surface area contributed by atoms with Crippen molar-refractivity contribution in [1.82, 2.24) is 0 Å². The zero-order chi connectivity index (χ0) is 27.3. The van der Waals surface area contributed by atoms with Gasteiger partial charge in [0.1, 0.15) is 11.3 Å². The number of unbranched alkanes of at least 4 members (excludes halogenated alkanes) is 3. The van der Waals surface area contributed by atoms with Crippen LogP contribution in [0, 0.1) is 17.3 Å². The molecule has 0 aromatic heterocycles. The van der Waals surface area contributed by atoms with Crippen molar-refractivity contribution in [1.29, 1.82) is 0 Å². The van der Waals surface area contributed by atoms with Gasteiger partial charge in [-0.05, 0) is 51.4 Å². The number of methoxy groups -OCH3 is 1. The van der Waals surface area contributed by atoms with Crippen LogP contribution in [0.1, 0.15) is 84.0 Å². The lowest BCUT2D eigenvalue weighted by Crippen LogP contribution is -2.42. The highest BCUT2D eigenvalue weighted by atomic mass is 16.7. The number of Topliss-reactive ketones (excluding diaryl/α,β-unsaturated/α-hetero) is 1. The highest BCUT2D eigenvalue weighted by molar-refractivity contribution is 6.13. The molecule has 5 atom stereocenters. The van der Waals surface area contributed by atoms with E-state index in [2.05, 4.69) is 11.7 Å². The van der Waals surface area contributed by atoms with Gasteiger partial charge < -0.3 is 24.4 Å². The molecule has 1 saturated heterocycles. The molecule has 0 aromatic rings. The molecule has 0 aromatic carbocycles. The molecular weight excluding hydrogens is 480 g/mol. The molecule has 1 aliphatic carbocycles. The number of allylic oxidation sites excluding steroid dienone is 3. The van der Waals surface area contributed by atoms with Crippen LogP contribution in [0.5, 0.6) is 0 Å². The summed E-state index contributed by atoms with van der Waals surface area (Å²) in [7, 11) is 1.31. The van der Waals surface area contributed by atoms with E-state index in [0.29, 0.717) is 19.4 Å². The minimum Gasteiger partial charge on any atom is -0.481 e. The molecule has 9 nitrogen and oxygen atoms in total. The Morgan fingerprint density at radius 2 is 1.95 bits per heavy atom. The largest absolute Gasteiger partial charge is 0.481 e. The number of carbonyl (C=O) groups excluding carboxylic acids is 2. The first-order valence-corrected chi connectivity index (χ1v) is 13.4. The number of ether oxygens (including phenoxy) is 3. The first-order valence-electron chi connectivity index (χ1n) is 13.4. The molecule has 37 heavy (non-hydrogen) atoms. The van der Waals surface area contributed by atoms with E-state index >= 15 is 0 Å². The van der Waals surface area contributed by atoms with Crippen molar-refractivity contribution in [3.8, 4) is 0 Å². The average Bonchev–Trinajstić information content (AvgIpc) is 3.17. The Bertz CT molecular complexity index is 828. The van der Waals surface area contributed by atoms with Crippen LogP contribution in [0.3, 0.4) is 0 Å². The molecule has 2 fully saturated rings. The van der Waals surface area contributed by atoms with Crippen LogP contribution in [0.2, 0.25) is 0 Å². The van der Waals surface area contributed by atoms with E-state index in [1.807, 2.05) is 0 Å². The lowest BCUT2D eigenvalue weighted by molar-refractivity contribution is -0.179. The molecule has 0 spiro atoms. The summed E-state index contributed by atoms with van der Waals surface area (Å²) in [5, 5.41) is 19.8. The van der Waals surface area contributed by atoms with Crippen LogP contribution in [0.4, 0.5) is 0 Å². The number of carboxylic acid groups (broad SMARTS) is 2. The Labute approximate surface area is 219 Å². The molecule has 1 aliphatic heterocycles. The monoisotopic (exact) mass is 522 g/mol. The summed E-state index contributed by atoms with van der Waals surface area (Å²) in [6.45, 7) is 2.75. The van der Waals surface area contributed by atoms with Crippen molar-refractivity contribution in [3.63, 3.8) is 0 Å². The van der Waals surface area contributed by atoms with E-state index in [0.717, 1.165) is 44.9 Å². The van der Waals surface area contributed by atoms with Gasteiger partial charge in [0.2, 0.25) is 0 Å². The van der Waals surface area contributed by atoms with Crippen molar-refractivity contribution in [2.24, 2.45) is 17.3 Å². The van der Waals surface area contributed by atoms with Crippen LogP contribution in [-0.4, -0.2) is 60.0 Å². The molecule has 208 valence electrons. The van der Waals surface area contributed by atoms with Crippen LogP contribution in [0.25, 0.3) is 0 Å². The van der Waals surface area contributed by atoms with Gasteiger partial charge in [-0.1, -0.05) is 50.5 Å². The summed E-state index contributed by atoms with van der Waals surface area (Å²) in [6, 6.07) is 0. The van der Waals surface area contributed by atoms with Crippen LogP contribution in [0.15, 0.2) is 24.3 Å². The fourth-order valence-corrected chi connectivity index (χ4v) is 5.04. The van der Waals surface area contributed by atoms with Crippen LogP contribution >= 0.6 is 0 Å². The molecule has 1 saturated carbocycles. The quantitative estimate of drug-likeness (QED) is 0.128. The normalized spacial score (nSPS) is 27.1. The van der Waals surface area contributed by atoms with E-state index in [1.54, 1.807) is 24.3 Å². The fraction of sp³-hybridized carbons (Fsp3) is 0.714. The van der Waals surface area contributed by atoms with Gasteiger partial charge in [-0.2, -0.15) is 0 Å². The van der Waals surface area contributed by atoms with E-state index in [1.165, 1.54) is 7.11 Å². The molecular formula is C28H42O9. The number of rotatable bonds is 16. The van der Waals surface area contributed by atoms with E-state index < -0.39 is 35.0 Å². The highest BCUT2D eigenvalue weighted by Gasteiger charge is 2.60. The first-order chi connectivity index (χ1) is 17.8. The van der Waals surface area contributed by atoms with Gasteiger partial charge in [-0.15, -0.1) is 0 Å². The number of esters is 1. The number of ketones is 1. The third-order valence-corrected chi connectivity index (χ3v) is 7.26. The van der Waals surface area contributed by atoms with Crippen molar-refractivity contribution in [2.75, 3.05) is 13.7 Å². The highest BCUT2D eigenvalue weighted by Crippen LogP contribution is 2.48. The zero-order valence-corrected chi connectivity index (χ0v) is 22.1. The Hall–Kier alpha value is -2.52. The second kappa shape index (κ2) is 15.7. The fourth-order valence-electron chi connectivity index (χ4n) is 5.04. The maximum absolute atomic E-state index is 13.2. The summed E-state index contributed by atoms with van der Waals surface area (Å²) in [6.07, 6.45) is 13.8. The number of carboxylic acids is 2. The third-order valence-electron chi connectivity index (χ3n) is 7.26. The van der Waals surface area contributed by atoms with E-state index in [4.69, 9.17) is 9.47 Å². The summed E-state index contributed by atoms with van der Waals surface area (Å²) < 4.78 is 16.5. The topological polar surface area (TPSA) is 136 Å². The van der Waals surface area contributed by atoms with Gasteiger partial charge >= 0.3 is 17.9 Å². The predicted octanol–water partition coefficient (Wildman–Crippen LogP) is 4.69. The molecule has 0 radical (unpaired) electrons. The van der Waals surface area contributed by atoms with Gasteiger partial charge in [-0.25, -0.2) is 0 Å². The molecule has 0 bridgehead atoms. The van der Waals surface area contributed by atoms with Crippen molar-refractivity contribution in [2.45, 2.75) is 96.4 Å². The molecule has 2 rings (SSSR count). The van der Waals surface area contributed by atoms with Crippen molar-refractivity contribution >= 4 is 23.7 Å². The summed E-state index contributed by atoms with van der Waals surface area (Å²) in [5.74, 6) is -5.90. The lowest BCUT2D eigenvalue weighted by Gasteiger charge is -2.28. The smallest absolute Gasteiger partial charge is 0.318 e. The molecule has 0 amide bonds. The summed E-state index contributed by atoms with van der Waals surface area (Å²) in [5.41, 5.74) is -1.87. The first kappa shape index (κ1) is 30.7. The minimum atomic E-state index is -1.87. The van der Waals surface area contributed by atoms with Gasteiger partial charge in [-0.3, -0.25) is 19.2 Å². The molecule has 2 aliphatic rings. The maximum atomic E-state index is 13.2. The standard InChI is InChI=1S/C28H42O9/c1-3-4-7-12-21(37-24-14-9-11-18-36-24)16-15-20-19-22(26(31)32)25(30)28(20,27(33)34)17-10-6-5-8-13-23(29)35-2/h6,10,15-16,20-22,24H,3-5,7-9,11-14,17-19H2,1-2H3,(H,31,32)(H,33,34)/t20-,21?,22-,24?,28?/m0/s1. The SMILES string of the molecule is CCCCCC(C=C[C@H]1C[C@H](C(=O)O)C(=O)C1(CC=CCCCC(=O)OC)C(=O)O)OC1CCCCO1. The maximum Gasteiger partial charge on any atom is 0.318 e. The van der Waals surface area contributed by atoms with Crippen LogP contribution in [-0.2, 0) is 33.4 Å². The Morgan fingerprint density at radius 1 is 1.16 bits per heavy atom. The Balaban J connectivity index is 2.22. The number of aliphatic carboxylic acids is 2. The molecule has 2 N–H and O–H groups in total. The molecule has 1 heterocycles. The van der Waals surface area contributed by atoms with E-state index in [9.17, 15) is 29.4 Å². The predicted molar refractivity (Wildman–Crippen MR) is 136 cm³/mol. The Morgan fingerprint density at radius 3 is 2.57 bits per heavy atom.